The Morgan fingerprint density at radius 3 is 2.54 bits per heavy atom. The van der Waals surface area contributed by atoms with E-state index in [4.69, 9.17) is 21.1 Å². The number of hydrogen-bond donors (Lipinski definition) is 2. The molecule has 6 heteroatoms. The molecule has 130 valence electrons. The van der Waals surface area contributed by atoms with E-state index in [0.717, 1.165) is 11.1 Å². The van der Waals surface area contributed by atoms with Gasteiger partial charge in [-0.15, -0.1) is 0 Å². The van der Waals surface area contributed by atoms with Crippen molar-refractivity contribution in [3.63, 3.8) is 0 Å². The minimum Gasteiger partial charge on any atom is -0.493 e. The van der Waals surface area contributed by atoms with Crippen LogP contribution in [0.1, 0.15) is 18.1 Å². The Labute approximate surface area is 146 Å². The Balaban J connectivity index is 2.07. The Hall–Kier alpha value is -1.82. The highest BCUT2D eigenvalue weighted by Crippen LogP contribution is 2.37. The van der Waals surface area contributed by atoms with Crippen molar-refractivity contribution in [2.24, 2.45) is 0 Å². The summed E-state index contributed by atoms with van der Waals surface area (Å²) in [5, 5.41) is 12.8. The molecular formula is C18H21ClFNO3. The molecule has 2 N–H and O–H groups in total. The zero-order chi connectivity index (χ0) is 17.5. The summed E-state index contributed by atoms with van der Waals surface area (Å²) in [5.41, 5.74) is 1.75. The smallest absolute Gasteiger partial charge is 0.180 e. The second-order valence-electron chi connectivity index (χ2n) is 5.50. The molecule has 2 rings (SSSR count). The van der Waals surface area contributed by atoms with Gasteiger partial charge in [-0.05, 0) is 42.3 Å². The molecule has 24 heavy (non-hydrogen) atoms. The highest BCUT2D eigenvalue weighted by molar-refractivity contribution is 6.32. The SMILES string of the molecule is COc1cc(CNC[C@H](C)O)cc(Cl)c1OCc1ccc(F)cc1. The summed E-state index contributed by atoms with van der Waals surface area (Å²) in [7, 11) is 1.55. The second kappa shape index (κ2) is 8.87. The van der Waals surface area contributed by atoms with Crippen LogP contribution in [0.2, 0.25) is 5.02 Å². The Morgan fingerprint density at radius 2 is 1.92 bits per heavy atom. The van der Waals surface area contributed by atoms with Gasteiger partial charge >= 0.3 is 0 Å². The molecule has 0 spiro atoms. The van der Waals surface area contributed by atoms with Crippen molar-refractivity contribution in [2.45, 2.75) is 26.2 Å². The molecule has 0 saturated heterocycles. The van der Waals surface area contributed by atoms with E-state index in [1.54, 1.807) is 32.2 Å². The third-order valence-corrected chi connectivity index (χ3v) is 3.64. The zero-order valence-corrected chi connectivity index (χ0v) is 14.4. The van der Waals surface area contributed by atoms with Gasteiger partial charge in [-0.25, -0.2) is 4.39 Å². The van der Waals surface area contributed by atoms with E-state index in [0.29, 0.717) is 29.6 Å². The molecule has 0 bridgehead atoms. The fraction of sp³-hybridized carbons (Fsp3) is 0.333. The standard InChI is InChI=1S/C18H21ClFNO3/c1-12(22)9-21-10-14-7-16(19)18(17(8-14)23-2)24-11-13-3-5-15(20)6-4-13/h3-8,12,21-22H,9-11H2,1-2H3/t12-/m0/s1. The number of aliphatic hydroxyl groups is 1. The van der Waals surface area contributed by atoms with E-state index < -0.39 is 6.10 Å². The topological polar surface area (TPSA) is 50.7 Å². The fourth-order valence-corrected chi connectivity index (χ4v) is 2.46. The van der Waals surface area contributed by atoms with Gasteiger partial charge in [0.15, 0.2) is 11.5 Å². The largest absolute Gasteiger partial charge is 0.493 e. The van der Waals surface area contributed by atoms with E-state index in [9.17, 15) is 9.50 Å². The molecule has 0 fully saturated rings. The van der Waals surface area contributed by atoms with E-state index in [1.165, 1.54) is 12.1 Å². The van der Waals surface area contributed by atoms with Crippen molar-refractivity contribution in [3.8, 4) is 11.5 Å². The summed E-state index contributed by atoms with van der Waals surface area (Å²) in [6, 6.07) is 9.71. The maximum Gasteiger partial charge on any atom is 0.180 e. The predicted octanol–water partition coefficient (Wildman–Crippen LogP) is 3.54. The molecule has 0 amide bonds. The van der Waals surface area contributed by atoms with Crippen LogP contribution < -0.4 is 14.8 Å². The van der Waals surface area contributed by atoms with E-state index in [2.05, 4.69) is 5.32 Å². The number of aliphatic hydroxyl groups excluding tert-OH is 1. The lowest BCUT2D eigenvalue weighted by Gasteiger charge is -2.15. The quantitative estimate of drug-likeness (QED) is 0.762. The molecule has 0 heterocycles. The van der Waals surface area contributed by atoms with Gasteiger partial charge < -0.3 is 19.9 Å². The highest BCUT2D eigenvalue weighted by atomic mass is 35.5. The number of hydrogen-bond acceptors (Lipinski definition) is 4. The van der Waals surface area contributed by atoms with Crippen molar-refractivity contribution in [3.05, 3.63) is 58.4 Å². The van der Waals surface area contributed by atoms with Gasteiger partial charge in [0.05, 0.1) is 18.2 Å². The lowest BCUT2D eigenvalue weighted by molar-refractivity contribution is 0.191. The van der Waals surface area contributed by atoms with Crippen LogP contribution in [0.5, 0.6) is 11.5 Å². The lowest BCUT2D eigenvalue weighted by atomic mass is 10.2. The molecule has 2 aromatic carbocycles. The number of nitrogens with one attached hydrogen (secondary N) is 1. The van der Waals surface area contributed by atoms with Crippen molar-refractivity contribution >= 4 is 11.6 Å². The maximum absolute atomic E-state index is 12.9. The summed E-state index contributed by atoms with van der Waals surface area (Å²) < 4.78 is 24.0. The van der Waals surface area contributed by atoms with Crippen LogP contribution in [0.15, 0.2) is 36.4 Å². The average Bonchev–Trinajstić information content (AvgIpc) is 2.54. The zero-order valence-electron chi connectivity index (χ0n) is 13.7. The van der Waals surface area contributed by atoms with Gasteiger partial charge in [-0.1, -0.05) is 23.7 Å². The average molecular weight is 354 g/mol. The first-order valence-corrected chi connectivity index (χ1v) is 8.00. The summed E-state index contributed by atoms with van der Waals surface area (Å²) in [5.74, 6) is 0.685. The van der Waals surface area contributed by atoms with Crippen molar-refractivity contribution in [2.75, 3.05) is 13.7 Å². The van der Waals surface area contributed by atoms with Gasteiger partial charge in [0.25, 0.3) is 0 Å². The molecule has 1 atom stereocenters. The first kappa shape index (κ1) is 18.5. The molecule has 0 aromatic heterocycles. The minimum absolute atomic E-state index is 0.260. The van der Waals surface area contributed by atoms with Crippen molar-refractivity contribution in [1.29, 1.82) is 0 Å². The third kappa shape index (κ3) is 5.37. The van der Waals surface area contributed by atoms with Crippen molar-refractivity contribution < 1.29 is 19.0 Å². The molecule has 4 nitrogen and oxygen atoms in total. The van der Waals surface area contributed by atoms with Crippen LogP contribution in [-0.4, -0.2) is 24.9 Å². The molecule has 0 unspecified atom stereocenters. The van der Waals surface area contributed by atoms with E-state index >= 15 is 0 Å². The number of rotatable bonds is 8. The Bertz CT molecular complexity index is 662. The predicted molar refractivity (Wildman–Crippen MR) is 92.1 cm³/mol. The lowest BCUT2D eigenvalue weighted by Crippen LogP contribution is -2.23. The van der Waals surface area contributed by atoms with Gasteiger partial charge in [0.1, 0.15) is 12.4 Å². The number of benzene rings is 2. The van der Waals surface area contributed by atoms with Crippen LogP contribution >= 0.6 is 11.6 Å². The van der Waals surface area contributed by atoms with Crippen LogP contribution in [0.25, 0.3) is 0 Å². The van der Waals surface area contributed by atoms with E-state index in [-0.39, 0.29) is 12.4 Å². The molecule has 2 aromatic rings. The number of ether oxygens (including phenoxy) is 2. The van der Waals surface area contributed by atoms with Crippen LogP contribution in [0.4, 0.5) is 4.39 Å². The Kier molecular flexibility index (Phi) is 6.85. The first-order valence-electron chi connectivity index (χ1n) is 7.62. The van der Waals surface area contributed by atoms with Gasteiger partial charge in [0, 0.05) is 13.1 Å². The maximum atomic E-state index is 12.9. The van der Waals surface area contributed by atoms with Crippen LogP contribution in [-0.2, 0) is 13.2 Å². The fourth-order valence-electron chi connectivity index (χ4n) is 2.18. The summed E-state index contributed by atoms with van der Waals surface area (Å²) in [6.07, 6.45) is -0.416. The molecule has 0 aliphatic heterocycles. The molecule has 0 saturated carbocycles. The molecule has 0 aliphatic rings. The summed E-state index contributed by atoms with van der Waals surface area (Å²) >= 11 is 6.30. The third-order valence-electron chi connectivity index (χ3n) is 3.35. The van der Waals surface area contributed by atoms with Crippen LogP contribution in [0.3, 0.4) is 0 Å². The molecule has 0 radical (unpaired) electrons. The van der Waals surface area contributed by atoms with Gasteiger partial charge in [-0.2, -0.15) is 0 Å². The van der Waals surface area contributed by atoms with E-state index in [1.807, 2.05) is 6.07 Å². The molecule has 0 aliphatic carbocycles. The second-order valence-corrected chi connectivity index (χ2v) is 5.91. The highest BCUT2D eigenvalue weighted by Gasteiger charge is 2.12. The van der Waals surface area contributed by atoms with Gasteiger partial charge in [-0.3, -0.25) is 0 Å². The Morgan fingerprint density at radius 1 is 1.21 bits per heavy atom. The van der Waals surface area contributed by atoms with Gasteiger partial charge in [0.2, 0.25) is 0 Å². The minimum atomic E-state index is -0.416. The summed E-state index contributed by atoms with van der Waals surface area (Å²) in [4.78, 5) is 0. The number of methoxy groups -OCH3 is 1. The normalized spacial score (nSPS) is 12.0. The number of halogens is 2. The van der Waals surface area contributed by atoms with Crippen LogP contribution in [0, 0.1) is 5.82 Å². The monoisotopic (exact) mass is 353 g/mol. The first-order chi connectivity index (χ1) is 11.5. The molecular weight excluding hydrogens is 333 g/mol. The summed E-state index contributed by atoms with van der Waals surface area (Å²) in [6.45, 7) is 3.02. The van der Waals surface area contributed by atoms with Crippen molar-refractivity contribution in [1.82, 2.24) is 5.32 Å².